The minimum Gasteiger partial charge on any atom is -0.459 e. The SMILES string of the molecule is CC(C)[C@@H](C(=O)OC(C)(C)C)N(Cc1ccccc1)S(=O)(=O)c1ccccc1[N+](=O)[O-]. The Bertz CT molecular complexity index is 1030. The lowest BCUT2D eigenvalue weighted by molar-refractivity contribution is -0.387. The number of ether oxygens (including phenoxy) is 1. The summed E-state index contributed by atoms with van der Waals surface area (Å²) >= 11 is 0. The van der Waals surface area contributed by atoms with E-state index >= 15 is 0 Å². The van der Waals surface area contributed by atoms with Gasteiger partial charge < -0.3 is 4.74 Å². The van der Waals surface area contributed by atoms with E-state index in [-0.39, 0.29) is 6.54 Å². The van der Waals surface area contributed by atoms with Crippen molar-refractivity contribution in [3.63, 3.8) is 0 Å². The third-order valence-electron chi connectivity index (χ3n) is 4.42. The van der Waals surface area contributed by atoms with Gasteiger partial charge in [0.25, 0.3) is 15.7 Å². The standard InChI is InChI=1S/C22H28N2O6S/c1-16(2)20(21(25)30-22(3,4)5)23(15-17-11-7-6-8-12-17)31(28,29)19-14-10-9-13-18(19)24(26)27/h6-14,16,20H,15H2,1-5H3/t20-/m0/s1. The molecule has 0 aliphatic heterocycles. The molecule has 9 heteroatoms. The predicted molar refractivity (Wildman–Crippen MR) is 117 cm³/mol. The Labute approximate surface area is 183 Å². The molecule has 0 spiro atoms. The third-order valence-corrected chi connectivity index (χ3v) is 6.29. The quantitative estimate of drug-likeness (QED) is 0.341. The van der Waals surface area contributed by atoms with Gasteiger partial charge in [0.2, 0.25) is 0 Å². The van der Waals surface area contributed by atoms with E-state index in [1.54, 1.807) is 65.0 Å². The molecule has 0 saturated carbocycles. The average molecular weight is 449 g/mol. The molecular formula is C22H28N2O6S. The smallest absolute Gasteiger partial charge is 0.325 e. The average Bonchev–Trinajstić information content (AvgIpc) is 2.66. The number of sulfonamides is 1. The highest BCUT2D eigenvalue weighted by atomic mass is 32.2. The van der Waals surface area contributed by atoms with Gasteiger partial charge >= 0.3 is 5.97 Å². The topological polar surface area (TPSA) is 107 Å². The van der Waals surface area contributed by atoms with Crippen LogP contribution in [0.3, 0.4) is 0 Å². The van der Waals surface area contributed by atoms with E-state index < -0.39 is 49.1 Å². The highest BCUT2D eigenvalue weighted by Crippen LogP contribution is 2.31. The largest absolute Gasteiger partial charge is 0.459 e. The fourth-order valence-corrected chi connectivity index (χ4v) is 4.99. The van der Waals surface area contributed by atoms with Gasteiger partial charge in [0.1, 0.15) is 11.6 Å². The van der Waals surface area contributed by atoms with Crippen LogP contribution < -0.4 is 0 Å². The summed E-state index contributed by atoms with van der Waals surface area (Å²) in [6.45, 7) is 8.36. The van der Waals surface area contributed by atoms with Crippen LogP contribution in [-0.4, -0.2) is 35.3 Å². The summed E-state index contributed by atoms with van der Waals surface area (Å²) in [6.07, 6.45) is 0. The maximum Gasteiger partial charge on any atom is 0.325 e. The molecule has 0 bridgehead atoms. The number of benzene rings is 2. The Hall–Kier alpha value is -2.78. The lowest BCUT2D eigenvalue weighted by Gasteiger charge is -2.34. The third kappa shape index (κ3) is 6.11. The number of esters is 1. The number of nitro benzene ring substituents is 1. The molecule has 0 N–H and O–H groups in total. The summed E-state index contributed by atoms with van der Waals surface area (Å²) in [5.41, 5.74) is -0.739. The summed E-state index contributed by atoms with van der Waals surface area (Å²) < 4.78 is 33.9. The molecule has 31 heavy (non-hydrogen) atoms. The summed E-state index contributed by atoms with van der Waals surface area (Å²) in [4.78, 5) is 23.4. The van der Waals surface area contributed by atoms with E-state index in [1.807, 2.05) is 0 Å². The number of carbonyl (C=O) groups excluding carboxylic acids is 1. The highest BCUT2D eigenvalue weighted by molar-refractivity contribution is 7.89. The van der Waals surface area contributed by atoms with E-state index in [1.165, 1.54) is 18.2 Å². The van der Waals surface area contributed by atoms with Crippen LogP contribution in [0.15, 0.2) is 59.5 Å². The van der Waals surface area contributed by atoms with Gasteiger partial charge in [-0.15, -0.1) is 0 Å². The lowest BCUT2D eigenvalue weighted by Crippen LogP contribution is -2.49. The van der Waals surface area contributed by atoms with Gasteiger partial charge in [0.05, 0.1) is 4.92 Å². The van der Waals surface area contributed by atoms with Gasteiger partial charge in [0, 0.05) is 12.6 Å². The molecule has 1 atom stereocenters. The molecule has 0 aliphatic carbocycles. The second-order valence-corrected chi connectivity index (χ2v) is 10.3. The van der Waals surface area contributed by atoms with Crippen molar-refractivity contribution in [1.29, 1.82) is 0 Å². The fraction of sp³-hybridized carbons (Fsp3) is 0.409. The molecule has 2 aromatic rings. The van der Waals surface area contributed by atoms with Crippen LogP contribution in [0, 0.1) is 16.0 Å². The monoisotopic (exact) mass is 448 g/mol. The Morgan fingerprint density at radius 3 is 2.13 bits per heavy atom. The molecule has 0 heterocycles. The van der Waals surface area contributed by atoms with E-state index in [9.17, 15) is 23.3 Å². The Kier molecular flexibility index (Phi) is 7.56. The zero-order valence-electron chi connectivity index (χ0n) is 18.3. The number of nitro groups is 1. The van der Waals surface area contributed by atoms with Crippen molar-refractivity contribution in [3.05, 3.63) is 70.3 Å². The maximum atomic E-state index is 13.7. The Morgan fingerprint density at radius 1 is 1.06 bits per heavy atom. The first kappa shape index (κ1) is 24.5. The van der Waals surface area contributed by atoms with E-state index in [2.05, 4.69) is 0 Å². The lowest BCUT2D eigenvalue weighted by atomic mass is 10.0. The molecule has 0 fully saturated rings. The Morgan fingerprint density at radius 2 is 1.61 bits per heavy atom. The van der Waals surface area contributed by atoms with Crippen molar-refractivity contribution in [2.24, 2.45) is 5.92 Å². The van der Waals surface area contributed by atoms with Crippen molar-refractivity contribution in [2.75, 3.05) is 0 Å². The molecule has 2 aromatic carbocycles. The van der Waals surface area contributed by atoms with Gasteiger partial charge in [-0.25, -0.2) is 8.42 Å². The predicted octanol–water partition coefficient (Wildman–Crippen LogP) is 4.15. The Balaban J connectivity index is 2.66. The number of carbonyl (C=O) groups is 1. The molecule has 8 nitrogen and oxygen atoms in total. The van der Waals surface area contributed by atoms with Gasteiger partial charge in [0.15, 0.2) is 4.90 Å². The van der Waals surface area contributed by atoms with Crippen molar-refractivity contribution in [3.8, 4) is 0 Å². The summed E-state index contributed by atoms with van der Waals surface area (Å²) in [7, 11) is -4.43. The first-order chi connectivity index (χ1) is 14.3. The summed E-state index contributed by atoms with van der Waals surface area (Å²) in [5.74, 6) is -1.16. The number of para-hydroxylation sites is 1. The molecule has 0 aliphatic rings. The van der Waals surface area contributed by atoms with E-state index in [0.717, 1.165) is 10.4 Å². The molecule has 0 unspecified atom stereocenters. The molecule has 0 radical (unpaired) electrons. The number of rotatable bonds is 8. The van der Waals surface area contributed by atoms with Crippen LogP contribution in [0.2, 0.25) is 0 Å². The van der Waals surface area contributed by atoms with Crippen molar-refractivity contribution in [1.82, 2.24) is 4.31 Å². The maximum absolute atomic E-state index is 13.7. The minimum atomic E-state index is -4.43. The van der Waals surface area contributed by atoms with Crippen molar-refractivity contribution >= 4 is 21.7 Å². The summed E-state index contributed by atoms with van der Waals surface area (Å²) in [5, 5.41) is 11.5. The van der Waals surface area contributed by atoms with Crippen molar-refractivity contribution in [2.45, 2.75) is 57.7 Å². The first-order valence-corrected chi connectivity index (χ1v) is 11.3. The number of hydrogen-bond donors (Lipinski definition) is 0. The molecule has 0 amide bonds. The zero-order valence-corrected chi connectivity index (χ0v) is 19.1. The van der Waals surface area contributed by atoms with Gasteiger partial charge in [-0.1, -0.05) is 56.3 Å². The van der Waals surface area contributed by atoms with Gasteiger partial charge in [-0.3, -0.25) is 14.9 Å². The van der Waals surface area contributed by atoms with Crippen LogP contribution >= 0.6 is 0 Å². The van der Waals surface area contributed by atoms with Crippen LogP contribution in [0.5, 0.6) is 0 Å². The van der Waals surface area contributed by atoms with E-state index in [0.29, 0.717) is 5.56 Å². The number of nitrogens with zero attached hydrogens (tertiary/aromatic N) is 2. The summed E-state index contributed by atoms with van der Waals surface area (Å²) in [6, 6.07) is 12.7. The van der Waals surface area contributed by atoms with Crippen molar-refractivity contribution < 1.29 is 22.9 Å². The molecule has 0 aromatic heterocycles. The number of hydrogen-bond acceptors (Lipinski definition) is 6. The molecule has 0 saturated heterocycles. The van der Waals surface area contributed by atoms with Crippen LogP contribution in [0.1, 0.15) is 40.2 Å². The second-order valence-electron chi connectivity index (χ2n) is 8.48. The molecular weight excluding hydrogens is 420 g/mol. The van der Waals surface area contributed by atoms with Gasteiger partial charge in [-0.05, 0) is 38.3 Å². The molecule has 2 rings (SSSR count). The zero-order chi connectivity index (χ0) is 23.4. The van der Waals surface area contributed by atoms with Gasteiger partial charge in [-0.2, -0.15) is 4.31 Å². The molecule has 168 valence electrons. The van der Waals surface area contributed by atoms with Crippen LogP contribution in [-0.2, 0) is 26.1 Å². The first-order valence-electron chi connectivity index (χ1n) is 9.86. The highest BCUT2D eigenvalue weighted by Gasteiger charge is 2.42. The van der Waals surface area contributed by atoms with Crippen LogP contribution in [0.25, 0.3) is 0 Å². The minimum absolute atomic E-state index is 0.142. The fourth-order valence-electron chi connectivity index (χ4n) is 3.13. The van der Waals surface area contributed by atoms with E-state index in [4.69, 9.17) is 4.74 Å². The normalized spacial score (nSPS) is 13.3. The second kappa shape index (κ2) is 9.57. The van der Waals surface area contributed by atoms with Crippen LogP contribution in [0.4, 0.5) is 5.69 Å².